The third-order valence-corrected chi connectivity index (χ3v) is 4.20. The van der Waals surface area contributed by atoms with Gasteiger partial charge in [-0.3, -0.25) is 9.69 Å². The molecule has 1 atom stereocenters. The molecule has 0 aromatic rings. The minimum atomic E-state index is 0.262. The average molecular weight is 232 g/mol. The van der Waals surface area contributed by atoms with E-state index in [2.05, 4.69) is 22.9 Å². The van der Waals surface area contributed by atoms with Gasteiger partial charge in [0.25, 0.3) is 0 Å². The fourth-order valence-electron chi connectivity index (χ4n) is 2.94. The Balaban J connectivity index is 1.64. The quantitative estimate of drug-likeness (QED) is 0.727. The molecule has 1 aliphatic heterocycles. The molecule has 1 heterocycles. The van der Waals surface area contributed by atoms with E-state index in [-0.39, 0.29) is 5.78 Å². The smallest absolute Gasteiger partial charge is 0.156 e. The molecule has 1 saturated carbocycles. The van der Waals surface area contributed by atoms with Crippen molar-refractivity contribution in [1.29, 1.82) is 0 Å². The fraction of sp³-hybridized carbons (Fsp3) is 0.643. The molecule has 3 aliphatic rings. The van der Waals surface area contributed by atoms with Crippen LogP contribution in [0.3, 0.4) is 0 Å². The maximum absolute atomic E-state index is 11.4. The SMILES string of the molecule is CC(=O)C1=CC(CN2CCN(C)CC2)=C2CC12. The van der Waals surface area contributed by atoms with E-state index >= 15 is 0 Å². The van der Waals surface area contributed by atoms with E-state index in [0.717, 1.165) is 44.7 Å². The van der Waals surface area contributed by atoms with Gasteiger partial charge in [-0.15, -0.1) is 0 Å². The van der Waals surface area contributed by atoms with E-state index in [1.807, 2.05) is 0 Å². The number of carbonyl (C=O) groups is 1. The molecule has 17 heavy (non-hydrogen) atoms. The summed E-state index contributed by atoms with van der Waals surface area (Å²) in [4.78, 5) is 16.3. The van der Waals surface area contributed by atoms with Gasteiger partial charge < -0.3 is 4.90 Å². The first-order chi connectivity index (χ1) is 8.15. The Hall–Kier alpha value is -0.930. The van der Waals surface area contributed by atoms with Crippen molar-refractivity contribution in [2.75, 3.05) is 39.8 Å². The molecule has 2 fully saturated rings. The molecular formula is C14H20N2O. The Morgan fingerprint density at radius 2 is 2.06 bits per heavy atom. The van der Waals surface area contributed by atoms with Crippen LogP contribution < -0.4 is 0 Å². The number of nitrogens with zero attached hydrogens (tertiary/aromatic N) is 2. The summed E-state index contributed by atoms with van der Waals surface area (Å²) in [6.45, 7) is 7.38. The topological polar surface area (TPSA) is 23.6 Å². The van der Waals surface area contributed by atoms with Gasteiger partial charge >= 0.3 is 0 Å². The number of hydrogen-bond acceptors (Lipinski definition) is 3. The van der Waals surface area contributed by atoms with Crippen LogP contribution in [0.25, 0.3) is 0 Å². The normalized spacial score (nSPS) is 29.3. The van der Waals surface area contributed by atoms with Crippen LogP contribution in [-0.4, -0.2) is 55.4 Å². The third-order valence-electron chi connectivity index (χ3n) is 4.20. The lowest BCUT2D eigenvalue weighted by Crippen LogP contribution is -2.44. The number of allylic oxidation sites excluding steroid dienone is 2. The molecule has 0 aromatic heterocycles. The van der Waals surface area contributed by atoms with Crippen LogP contribution in [0.15, 0.2) is 22.8 Å². The number of hydrogen-bond donors (Lipinski definition) is 0. The van der Waals surface area contributed by atoms with Crippen molar-refractivity contribution in [2.45, 2.75) is 13.3 Å². The molecule has 0 aromatic carbocycles. The summed E-state index contributed by atoms with van der Waals surface area (Å²) in [5.41, 5.74) is 4.03. The molecule has 2 aliphatic carbocycles. The van der Waals surface area contributed by atoms with E-state index < -0.39 is 0 Å². The number of likely N-dealkylation sites (N-methyl/N-ethyl adjacent to an activating group) is 1. The lowest BCUT2D eigenvalue weighted by molar-refractivity contribution is -0.113. The molecule has 3 nitrogen and oxygen atoms in total. The van der Waals surface area contributed by atoms with Crippen molar-refractivity contribution < 1.29 is 4.79 Å². The third kappa shape index (κ3) is 2.09. The summed E-state index contributed by atoms with van der Waals surface area (Å²) < 4.78 is 0. The van der Waals surface area contributed by atoms with E-state index in [9.17, 15) is 4.79 Å². The number of ketones is 1. The van der Waals surface area contributed by atoms with E-state index in [0.29, 0.717) is 5.92 Å². The zero-order valence-corrected chi connectivity index (χ0v) is 10.7. The van der Waals surface area contributed by atoms with Gasteiger partial charge in [0.2, 0.25) is 0 Å². The highest BCUT2D eigenvalue weighted by Gasteiger charge is 2.41. The lowest BCUT2D eigenvalue weighted by atomic mass is 10.1. The highest BCUT2D eigenvalue weighted by molar-refractivity contribution is 5.97. The monoisotopic (exact) mass is 232 g/mol. The minimum Gasteiger partial charge on any atom is -0.304 e. The molecule has 92 valence electrons. The summed E-state index contributed by atoms with van der Waals surface area (Å²) in [6.07, 6.45) is 3.30. The van der Waals surface area contributed by atoms with Crippen LogP contribution in [0.5, 0.6) is 0 Å². The molecular weight excluding hydrogens is 212 g/mol. The van der Waals surface area contributed by atoms with Crippen LogP contribution in [0.1, 0.15) is 13.3 Å². The van der Waals surface area contributed by atoms with Crippen molar-refractivity contribution in [3.63, 3.8) is 0 Å². The van der Waals surface area contributed by atoms with E-state index in [1.54, 1.807) is 6.92 Å². The van der Waals surface area contributed by atoms with Gasteiger partial charge in [0, 0.05) is 44.2 Å². The van der Waals surface area contributed by atoms with Crippen LogP contribution in [-0.2, 0) is 4.79 Å². The molecule has 1 unspecified atom stereocenters. The van der Waals surface area contributed by atoms with Crippen LogP contribution in [0, 0.1) is 5.92 Å². The molecule has 3 rings (SSSR count). The molecule has 0 bridgehead atoms. The largest absolute Gasteiger partial charge is 0.304 e. The highest BCUT2D eigenvalue weighted by atomic mass is 16.1. The van der Waals surface area contributed by atoms with E-state index in [4.69, 9.17) is 0 Å². The second kappa shape index (κ2) is 4.07. The number of Topliss-reactive ketones (excluding diaryl/α,β-unsaturated/α-hetero) is 1. The second-order valence-electron chi connectivity index (χ2n) is 5.54. The number of carbonyl (C=O) groups excluding carboxylic acids is 1. The molecule has 0 N–H and O–H groups in total. The Bertz CT molecular complexity index is 414. The Labute approximate surface area is 103 Å². The Morgan fingerprint density at radius 3 is 2.65 bits per heavy atom. The fourth-order valence-corrected chi connectivity index (χ4v) is 2.94. The van der Waals surface area contributed by atoms with E-state index in [1.165, 1.54) is 11.1 Å². The summed E-state index contributed by atoms with van der Waals surface area (Å²) >= 11 is 0. The standard InChI is InChI=1S/C14H20N2O/c1-10(17)12-7-11(13-8-14(12)13)9-16-5-3-15(2)4-6-16/h7,14H,3-6,8-9H2,1-2H3. The van der Waals surface area contributed by atoms with Crippen molar-refractivity contribution in [2.24, 2.45) is 5.92 Å². The van der Waals surface area contributed by atoms with Gasteiger partial charge in [0.1, 0.15) is 0 Å². The maximum atomic E-state index is 11.4. The van der Waals surface area contributed by atoms with Gasteiger partial charge in [-0.2, -0.15) is 0 Å². The second-order valence-corrected chi connectivity index (χ2v) is 5.54. The average Bonchev–Trinajstić information content (AvgIpc) is 3.00. The van der Waals surface area contributed by atoms with Gasteiger partial charge in [-0.1, -0.05) is 11.6 Å². The van der Waals surface area contributed by atoms with Gasteiger partial charge in [0.05, 0.1) is 0 Å². The highest BCUT2D eigenvalue weighted by Crippen LogP contribution is 2.51. The summed E-state index contributed by atoms with van der Waals surface area (Å²) in [6, 6.07) is 0. The number of rotatable bonds is 3. The maximum Gasteiger partial charge on any atom is 0.156 e. The Kier molecular flexibility index (Phi) is 2.68. The lowest BCUT2D eigenvalue weighted by Gasteiger charge is -2.32. The number of piperazine rings is 1. The zero-order chi connectivity index (χ0) is 12.0. The summed E-state index contributed by atoms with van der Waals surface area (Å²) in [5, 5.41) is 0. The van der Waals surface area contributed by atoms with Crippen molar-refractivity contribution in [3.8, 4) is 0 Å². The Morgan fingerprint density at radius 1 is 1.35 bits per heavy atom. The summed E-state index contributed by atoms with van der Waals surface area (Å²) in [5.74, 6) is 0.772. The van der Waals surface area contributed by atoms with Crippen LogP contribution in [0.4, 0.5) is 0 Å². The first kappa shape index (κ1) is 11.2. The summed E-state index contributed by atoms with van der Waals surface area (Å²) in [7, 11) is 2.18. The van der Waals surface area contributed by atoms with Crippen molar-refractivity contribution in [1.82, 2.24) is 9.80 Å². The molecule has 3 heteroatoms. The number of fused-ring (bicyclic) bond motifs is 1. The zero-order valence-electron chi connectivity index (χ0n) is 10.7. The van der Waals surface area contributed by atoms with Gasteiger partial charge in [-0.05, 0) is 26.0 Å². The predicted octanol–water partition coefficient (Wildman–Crippen LogP) is 1.08. The molecule has 0 radical (unpaired) electrons. The molecule has 0 amide bonds. The first-order valence-electron chi connectivity index (χ1n) is 6.50. The first-order valence-corrected chi connectivity index (χ1v) is 6.50. The minimum absolute atomic E-state index is 0.262. The van der Waals surface area contributed by atoms with Crippen LogP contribution >= 0.6 is 0 Å². The van der Waals surface area contributed by atoms with Crippen LogP contribution in [0.2, 0.25) is 0 Å². The van der Waals surface area contributed by atoms with Gasteiger partial charge in [0.15, 0.2) is 5.78 Å². The molecule has 1 saturated heterocycles. The van der Waals surface area contributed by atoms with Gasteiger partial charge in [-0.25, -0.2) is 0 Å². The molecule has 0 spiro atoms. The predicted molar refractivity (Wildman–Crippen MR) is 67.8 cm³/mol. The van der Waals surface area contributed by atoms with Crippen molar-refractivity contribution in [3.05, 3.63) is 22.8 Å². The van der Waals surface area contributed by atoms with Crippen molar-refractivity contribution >= 4 is 5.78 Å².